The van der Waals surface area contributed by atoms with Crippen LogP contribution < -0.4 is 4.74 Å². The fourth-order valence-electron chi connectivity index (χ4n) is 2.68. The molecule has 0 saturated carbocycles. The zero-order valence-electron chi connectivity index (χ0n) is 16.2. The molecule has 1 aromatic carbocycles. The molecule has 0 aliphatic carbocycles. The largest absolute Gasteiger partial charge is 0.497 e. The van der Waals surface area contributed by atoms with Crippen LogP contribution >= 0.6 is 0 Å². The predicted molar refractivity (Wildman–Crippen MR) is 109 cm³/mol. The molecule has 2 aromatic heterocycles. The lowest BCUT2D eigenvalue weighted by atomic mass is 10.3. The van der Waals surface area contributed by atoms with Crippen molar-refractivity contribution in [2.45, 2.75) is 23.8 Å². The molecule has 3 aromatic rings. The van der Waals surface area contributed by atoms with Crippen LogP contribution in [0.15, 0.2) is 58.8 Å². The molecule has 29 heavy (non-hydrogen) atoms. The van der Waals surface area contributed by atoms with Crippen molar-refractivity contribution in [2.24, 2.45) is 0 Å². The second-order valence-electron chi connectivity index (χ2n) is 6.17. The first-order valence-corrected chi connectivity index (χ1v) is 12.2. The van der Waals surface area contributed by atoms with Crippen LogP contribution in [0.5, 0.6) is 5.75 Å². The van der Waals surface area contributed by atoms with Gasteiger partial charge in [0.1, 0.15) is 17.1 Å². The summed E-state index contributed by atoms with van der Waals surface area (Å²) < 4.78 is 56.4. The number of benzene rings is 1. The number of aromatic nitrogens is 3. The summed E-state index contributed by atoms with van der Waals surface area (Å²) in [5, 5.41) is -0.177. The standard InChI is InChI=1S/C19H21N3O5S2/c1-4-28(23,24)17-10-11-18(29(25,26)5-2)21-19(17)16-12-22(13-20-16)14-6-8-15(27-3)9-7-14/h6-13H,4-5H2,1-3H3. The lowest BCUT2D eigenvalue weighted by Crippen LogP contribution is -2.11. The predicted octanol–water partition coefficient (Wildman–Crippen LogP) is 2.53. The van der Waals surface area contributed by atoms with Gasteiger partial charge in [-0.1, -0.05) is 13.8 Å². The minimum atomic E-state index is -3.63. The van der Waals surface area contributed by atoms with E-state index in [0.29, 0.717) is 5.75 Å². The minimum Gasteiger partial charge on any atom is -0.497 e. The van der Waals surface area contributed by atoms with Crippen LogP contribution in [0.4, 0.5) is 0 Å². The Bertz CT molecular complexity index is 1230. The molecule has 0 saturated heterocycles. The van der Waals surface area contributed by atoms with Crippen LogP contribution in [0.25, 0.3) is 17.1 Å². The van der Waals surface area contributed by atoms with E-state index in [-0.39, 0.29) is 32.8 Å². The molecule has 2 heterocycles. The van der Waals surface area contributed by atoms with Gasteiger partial charge in [-0.15, -0.1) is 0 Å². The third-order valence-corrected chi connectivity index (χ3v) is 7.83. The van der Waals surface area contributed by atoms with Gasteiger partial charge < -0.3 is 9.30 Å². The Morgan fingerprint density at radius 3 is 2.17 bits per heavy atom. The molecule has 0 N–H and O–H groups in total. The topological polar surface area (TPSA) is 108 Å². The van der Waals surface area contributed by atoms with Crippen molar-refractivity contribution < 1.29 is 21.6 Å². The highest BCUT2D eigenvalue weighted by Gasteiger charge is 2.24. The van der Waals surface area contributed by atoms with Crippen LogP contribution in [-0.2, 0) is 19.7 Å². The zero-order chi connectivity index (χ0) is 21.2. The van der Waals surface area contributed by atoms with Crippen molar-refractivity contribution in [2.75, 3.05) is 18.6 Å². The number of sulfone groups is 2. The van der Waals surface area contributed by atoms with Crippen molar-refractivity contribution in [3.05, 3.63) is 48.9 Å². The molecule has 0 fully saturated rings. The van der Waals surface area contributed by atoms with Gasteiger partial charge in [-0.3, -0.25) is 0 Å². The molecule has 0 unspecified atom stereocenters. The Balaban J connectivity index is 2.15. The summed E-state index contributed by atoms with van der Waals surface area (Å²) in [6.07, 6.45) is 3.13. The lowest BCUT2D eigenvalue weighted by molar-refractivity contribution is 0.414. The fourth-order valence-corrected chi connectivity index (χ4v) is 4.51. The second-order valence-corrected chi connectivity index (χ2v) is 10.6. The number of nitrogens with zero attached hydrogens (tertiary/aromatic N) is 3. The molecule has 8 nitrogen and oxygen atoms in total. The molecule has 0 aliphatic rings. The first kappa shape index (κ1) is 21.0. The van der Waals surface area contributed by atoms with E-state index in [9.17, 15) is 16.8 Å². The van der Waals surface area contributed by atoms with E-state index in [1.165, 1.54) is 32.3 Å². The van der Waals surface area contributed by atoms with Crippen LogP contribution in [0, 0.1) is 0 Å². The summed E-state index contributed by atoms with van der Waals surface area (Å²) in [6, 6.07) is 9.73. The smallest absolute Gasteiger partial charge is 0.195 e. The number of methoxy groups -OCH3 is 1. The normalized spacial score (nSPS) is 12.1. The number of imidazole rings is 1. The van der Waals surface area contributed by atoms with E-state index in [4.69, 9.17) is 4.74 Å². The monoisotopic (exact) mass is 435 g/mol. The van der Waals surface area contributed by atoms with Gasteiger partial charge in [-0.2, -0.15) is 0 Å². The number of ether oxygens (including phenoxy) is 1. The Labute approximate surface area is 170 Å². The molecule has 0 radical (unpaired) electrons. The van der Waals surface area contributed by atoms with E-state index in [2.05, 4.69) is 9.97 Å². The number of hydrogen-bond donors (Lipinski definition) is 0. The highest BCUT2D eigenvalue weighted by molar-refractivity contribution is 7.91. The van der Waals surface area contributed by atoms with Crippen LogP contribution in [0.2, 0.25) is 0 Å². The average molecular weight is 436 g/mol. The Morgan fingerprint density at radius 1 is 0.931 bits per heavy atom. The van der Waals surface area contributed by atoms with Gasteiger partial charge in [0, 0.05) is 11.9 Å². The summed E-state index contributed by atoms with van der Waals surface area (Å²) in [4.78, 5) is 8.40. The Kier molecular flexibility index (Phi) is 5.76. The Hall–Kier alpha value is -2.72. The molecule has 3 rings (SSSR count). The molecular weight excluding hydrogens is 414 g/mol. The van der Waals surface area contributed by atoms with E-state index in [0.717, 1.165) is 5.69 Å². The van der Waals surface area contributed by atoms with Crippen LogP contribution in [0.1, 0.15) is 13.8 Å². The highest BCUT2D eigenvalue weighted by Crippen LogP contribution is 2.28. The summed E-state index contributed by atoms with van der Waals surface area (Å²) in [5.74, 6) is 0.421. The van der Waals surface area contributed by atoms with Gasteiger partial charge in [0.05, 0.1) is 29.8 Å². The van der Waals surface area contributed by atoms with E-state index in [1.54, 1.807) is 30.0 Å². The number of hydrogen-bond acceptors (Lipinski definition) is 7. The van der Waals surface area contributed by atoms with Gasteiger partial charge >= 0.3 is 0 Å². The van der Waals surface area contributed by atoms with E-state index >= 15 is 0 Å². The van der Waals surface area contributed by atoms with Gasteiger partial charge in [-0.25, -0.2) is 26.8 Å². The first-order valence-electron chi connectivity index (χ1n) is 8.87. The first-order chi connectivity index (χ1) is 13.7. The average Bonchev–Trinajstić information content (AvgIpc) is 3.23. The summed E-state index contributed by atoms with van der Waals surface area (Å²) >= 11 is 0. The maximum absolute atomic E-state index is 12.5. The molecule has 0 spiro atoms. The molecule has 154 valence electrons. The number of pyridine rings is 1. The van der Waals surface area contributed by atoms with Gasteiger partial charge in [0.2, 0.25) is 0 Å². The summed E-state index contributed by atoms with van der Waals surface area (Å²) in [7, 11) is -5.67. The van der Waals surface area contributed by atoms with E-state index in [1.807, 2.05) is 12.1 Å². The van der Waals surface area contributed by atoms with Crippen molar-refractivity contribution in [1.29, 1.82) is 0 Å². The molecule has 10 heteroatoms. The maximum Gasteiger partial charge on any atom is 0.195 e. The van der Waals surface area contributed by atoms with Gasteiger partial charge in [0.15, 0.2) is 24.7 Å². The van der Waals surface area contributed by atoms with Crippen LogP contribution in [-0.4, -0.2) is 50.0 Å². The minimum absolute atomic E-state index is 0.0219. The third-order valence-electron chi connectivity index (χ3n) is 4.44. The fraction of sp³-hybridized carbons (Fsp3) is 0.263. The van der Waals surface area contributed by atoms with Gasteiger partial charge in [-0.05, 0) is 36.4 Å². The van der Waals surface area contributed by atoms with Crippen molar-refractivity contribution in [3.63, 3.8) is 0 Å². The maximum atomic E-state index is 12.5. The summed E-state index contributed by atoms with van der Waals surface area (Å²) in [6.45, 7) is 3.03. The quantitative estimate of drug-likeness (QED) is 0.561. The molecule has 0 atom stereocenters. The van der Waals surface area contributed by atoms with Crippen molar-refractivity contribution >= 4 is 19.7 Å². The zero-order valence-corrected chi connectivity index (χ0v) is 17.9. The SMILES string of the molecule is CCS(=O)(=O)c1ccc(S(=O)(=O)CC)c(-c2cn(-c3ccc(OC)cc3)cn2)n1. The van der Waals surface area contributed by atoms with Crippen molar-refractivity contribution in [1.82, 2.24) is 14.5 Å². The summed E-state index contributed by atoms with van der Waals surface area (Å²) in [5.41, 5.74) is 1.07. The Morgan fingerprint density at radius 2 is 1.59 bits per heavy atom. The van der Waals surface area contributed by atoms with Crippen LogP contribution in [0.3, 0.4) is 0 Å². The van der Waals surface area contributed by atoms with Gasteiger partial charge in [0.25, 0.3) is 0 Å². The molecule has 0 aliphatic heterocycles. The second kappa shape index (κ2) is 7.96. The molecule has 0 bridgehead atoms. The number of rotatable bonds is 7. The third kappa shape index (κ3) is 4.18. The highest BCUT2D eigenvalue weighted by atomic mass is 32.2. The molecular formula is C19H21N3O5S2. The lowest BCUT2D eigenvalue weighted by Gasteiger charge is -2.09. The van der Waals surface area contributed by atoms with E-state index < -0.39 is 19.7 Å². The van der Waals surface area contributed by atoms with Crippen molar-refractivity contribution in [3.8, 4) is 22.8 Å². The molecule has 0 amide bonds.